The van der Waals surface area contributed by atoms with Crippen LogP contribution in [0.2, 0.25) is 0 Å². The number of hydroxylamine groups is 2. The minimum absolute atomic E-state index is 0.0305. The van der Waals surface area contributed by atoms with E-state index in [4.69, 9.17) is 19.7 Å². The van der Waals surface area contributed by atoms with E-state index in [2.05, 4.69) is 4.99 Å². The van der Waals surface area contributed by atoms with Crippen LogP contribution in [-0.4, -0.2) is 35.9 Å². The molecule has 2 aliphatic rings. The molecule has 1 N–H and O–H groups in total. The van der Waals surface area contributed by atoms with E-state index in [1.54, 1.807) is 19.1 Å². The van der Waals surface area contributed by atoms with Gasteiger partial charge in [0.1, 0.15) is 17.3 Å². The number of aliphatic imine (C=N–C) groups is 1. The summed E-state index contributed by atoms with van der Waals surface area (Å²) in [6.07, 6.45) is 4.01. The molecule has 0 spiro atoms. The highest BCUT2D eigenvalue weighted by Gasteiger charge is 2.34. The van der Waals surface area contributed by atoms with Crippen LogP contribution in [-0.2, 0) is 9.63 Å². The Kier molecular flexibility index (Phi) is 5.84. The second-order valence-corrected chi connectivity index (χ2v) is 7.26. The maximum Gasteiger partial charge on any atom is 0.282 e. The fourth-order valence-electron chi connectivity index (χ4n) is 3.17. The number of benzene rings is 2. The number of aryl methyl sites for hydroxylation is 1. The number of hydrogen-bond acceptors (Lipinski definition) is 5. The molecular weight excluding hydrogens is 394 g/mol. The molecule has 7 heteroatoms. The zero-order valence-electron chi connectivity index (χ0n) is 17.4. The molecule has 4 rings (SSSR count). The van der Waals surface area contributed by atoms with Crippen molar-refractivity contribution in [1.82, 2.24) is 5.06 Å². The number of nitrogens with zero attached hydrogens (tertiary/aromatic N) is 2. The number of carbonyl (C=O) groups is 1. The zero-order valence-corrected chi connectivity index (χ0v) is 17.4. The van der Waals surface area contributed by atoms with Crippen LogP contribution >= 0.6 is 0 Å². The summed E-state index contributed by atoms with van der Waals surface area (Å²) in [5, 5.41) is 9.50. The number of nitrogens with one attached hydrogen (secondary N) is 1. The van der Waals surface area contributed by atoms with Crippen LogP contribution in [0, 0.1) is 12.3 Å². The van der Waals surface area contributed by atoms with E-state index in [9.17, 15) is 4.79 Å². The maximum absolute atomic E-state index is 12.3. The summed E-state index contributed by atoms with van der Waals surface area (Å²) in [5.74, 6) is 2.02. The second-order valence-electron chi connectivity index (χ2n) is 7.26. The average molecular weight is 417 g/mol. The lowest BCUT2D eigenvalue weighted by Gasteiger charge is -2.22. The average Bonchev–Trinajstić information content (AvgIpc) is 3.12. The fourth-order valence-corrected chi connectivity index (χ4v) is 3.17. The van der Waals surface area contributed by atoms with Crippen molar-refractivity contribution in [3.63, 3.8) is 0 Å². The van der Waals surface area contributed by atoms with Gasteiger partial charge in [0.2, 0.25) is 0 Å². The Morgan fingerprint density at radius 1 is 1.06 bits per heavy atom. The van der Waals surface area contributed by atoms with Crippen LogP contribution in [0.25, 0.3) is 6.08 Å². The number of amides is 1. The summed E-state index contributed by atoms with van der Waals surface area (Å²) in [6.45, 7) is 4.89. The Labute approximate surface area is 180 Å². The highest BCUT2D eigenvalue weighted by Crippen LogP contribution is 2.24. The predicted octanol–water partition coefficient (Wildman–Crippen LogP) is 4.29. The molecule has 0 saturated heterocycles. The van der Waals surface area contributed by atoms with Crippen molar-refractivity contribution in [1.29, 1.82) is 5.41 Å². The van der Waals surface area contributed by atoms with E-state index in [0.717, 1.165) is 23.5 Å². The Balaban J connectivity index is 1.29. The highest BCUT2D eigenvalue weighted by atomic mass is 16.7. The van der Waals surface area contributed by atoms with Gasteiger partial charge in [-0.05, 0) is 55.3 Å². The van der Waals surface area contributed by atoms with Crippen molar-refractivity contribution >= 4 is 23.7 Å². The van der Waals surface area contributed by atoms with Gasteiger partial charge in [-0.15, -0.1) is 5.06 Å². The topological polar surface area (TPSA) is 84.2 Å². The Morgan fingerprint density at radius 2 is 1.81 bits per heavy atom. The summed E-state index contributed by atoms with van der Waals surface area (Å²) < 4.78 is 11.5. The lowest BCUT2D eigenvalue weighted by atomic mass is 10.1. The molecule has 2 heterocycles. The molecule has 0 atom stereocenters. The molecule has 0 radical (unpaired) electrons. The molecule has 31 heavy (non-hydrogen) atoms. The van der Waals surface area contributed by atoms with Crippen LogP contribution in [0.1, 0.15) is 24.5 Å². The lowest BCUT2D eigenvalue weighted by Crippen LogP contribution is -2.38. The Hall–Kier alpha value is -3.87. The number of allylic oxidation sites excluding steroid dienone is 1. The molecule has 0 saturated carbocycles. The third-order valence-corrected chi connectivity index (χ3v) is 4.69. The van der Waals surface area contributed by atoms with E-state index < -0.39 is 5.91 Å². The SMILES string of the molecule is CC1=CC2=NC(=O)/C(=C\c3ccc(OCCCOc4cccc(C)c4)cc3)C(=N)N2O1. The molecular formula is C24H23N3O4. The van der Waals surface area contributed by atoms with E-state index in [0.29, 0.717) is 24.8 Å². The molecule has 7 nitrogen and oxygen atoms in total. The van der Waals surface area contributed by atoms with Gasteiger partial charge in [0, 0.05) is 12.5 Å². The van der Waals surface area contributed by atoms with Gasteiger partial charge in [-0.2, -0.15) is 4.99 Å². The molecule has 0 bridgehead atoms. The first-order valence-corrected chi connectivity index (χ1v) is 10.0. The van der Waals surface area contributed by atoms with Gasteiger partial charge in [-0.1, -0.05) is 24.3 Å². The minimum atomic E-state index is -0.459. The molecule has 1 amide bonds. The molecule has 0 aromatic heterocycles. The van der Waals surface area contributed by atoms with E-state index in [1.807, 2.05) is 55.5 Å². The first-order valence-electron chi connectivity index (χ1n) is 10.0. The maximum atomic E-state index is 12.3. The molecule has 0 unspecified atom stereocenters. The third kappa shape index (κ3) is 4.83. The molecule has 0 aliphatic carbocycles. The first kappa shape index (κ1) is 20.4. The number of fused-ring (bicyclic) bond motifs is 1. The van der Waals surface area contributed by atoms with Crippen molar-refractivity contribution in [3.05, 3.63) is 77.1 Å². The van der Waals surface area contributed by atoms with Crippen molar-refractivity contribution < 1.29 is 19.1 Å². The largest absolute Gasteiger partial charge is 0.493 e. The standard InChI is InChI=1S/C24H23N3O4/c1-16-5-3-6-20(13-16)30-12-4-11-29-19-9-7-18(8-10-19)15-21-23(25)27-22(26-24(21)28)14-17(2)31-27/h3,5-10,13-15,25H,4,11-12H2,1-2H3/b21-15-,25-23?. The molecule has 2 aromatic rings. The normalized spacial score (nSPS) is 16.6. The molecule has 2 aliphatic heterocycles. The Morgan fingerprint density at radius 3 is 2.55 bits per heavy atom. The monoisotopic (exact) mass is 417 g/mol. The molecule has 158 valence electrons. The van der Waals surface area contributed by atoms with E-state index >= 15 is 0 Å². The van der Waals surface area contributed by atoms with Gasteiger partial charge in [0.25, 0.3) is 5.91 Å². The number of rotatable bonds is 7. The van der Waals surface area contributed by atoms with Crippen LogP contribution in [0.4, 0.5) is 0 Å². The number of carbonyl (C=O) groups excluding carboxylic acids is 1. The van der Waals surface area contributed by atoms with Crippen molar-refractivity contribution in [2.24, 2.45) is 4.99 Å². The second kappa shape index (κ2) is 8.87. The number of amidine groups is 2. The van der Waals surface area contributed by atoms with Crippen LogP contribution in [0.15, 0.2) is 70.9 Å². The van der Waals surface area contributed by atoms with E-state index in [-0.39, 0.29) is 11.4 Å². The quantitative estimate of drug-likeness (QED) is 0.537. The van der Waals surface area contributed by atoms with Crippen LogP contribution in [0.3, 0.4) is 0 Å². The number of hydrogen-bond donors (Lipinski definition) is 1. The Bertz CT molecular complexity index is 1100. The molecule has 0 fully saturated rings. The zero-order chi connectivity index (χ0) is 21.8. The van der Waals surface area contributed by atoms with Gasteiger partial charge in [0.15, 0.2) is 11.7 Å². The summed E-state index contributed by atoms with van der Waals surface area (Å²) >= 11 is 0. The van der Waals surface area contributed by atoms with Crippen LogP contribution in [0.5, 0.6) is 11.5 Å². The summed E-state index contributed by atoms with van der Waals surface area (Å²) in [5.41, 5.74) is 2.11. The summed E-state index contributed by atoms with van der Waals surface area (Å²) in [7, 11) is 0. The lowest BCUT2D eigenvalue weighted by molar-refractivity contribution is -0.114. The minimum Gasteiger partial charge on any atom is -0.493 e. The van der Waals surface area contributed by atoms with E-state index in [1.165, 1.54) is 10.6 Å². The van der Waals surface area contributed by atoms with Gasteiger partial charge in [-0.3, -0.25) is 10.2 Å². The van der Waals surface area contributed by atoms with Crippen molar-refractivity contribution in [3.8, 4) is 11.5 Å². The van der Waals surface area contributed by atoms with Gasteiger partial charge in [0.05, 0.1) is 18.8 Å². The highest BCUT2D eigenvalue weighted by molar-refractivity contribution is 6.32. The fraction of sp³-hybridized carbons (Fsp3) is 0.208. The summed E-state index contributed by atoms with van der Waals surface area (Å²) in [4.78, 5) is 21.7. The van der Waals surface area contributed by atoms with Gasteiger partial charge >= 0.3 is 0 Å². The number of ether oxygens (including phenoxy) is 2. The third-order valence-electron chi connectivity index (χ3n) is 4.69. The summed E-state index contributed by atoms with van der Waals surface area (Å²) in [6, 6.07) is 15.3. The van der Waals surface area contributed by atoms with Crippen molar-refractivity contribution in [2.75, 3.05) is 13.2 Å². The smallest absolute Gasteiger partial charge is 0.282 e. The van der Waals surface area contributed by atoms with Gasteiger partial charge in [-0.25, -0.2) is 0 Å². The molecule has 2 aromatic carbocycles. The van der Waals surface area contributed by atoms with Gasteiger partial charge < -0.3 is 14.3 Å². The predicted molar refractivity (Wildman–Crippen MR) is 118 cm³/mol. The van der Waals surface area contributed by atoms with Crippen molar-refractivity contribution in [2.45, 2.75) is 20.3 Å². The van der Waals surface area contributed by atoms with Crippen LogP contribution < -0.4 is 9.47 Å². The first-order chi connectivity index (χ1) is 15.0.